The number of amides is 1. The lowest BCUT2D eigenvalue weighted by Crippen LogP contribution is -2.37. The lowest BCUT2D eigenvalue weighted by Gasteiger charge is -2.12. The molecule has 0 aromatic carbocycles. The normalized spacial score (nSPS) is 28.8. The summed E-state index contributed by atoms with van der Waals surface area (Å²) in [6, 6.07) is 0.494. The largest absolute Gasteiger partial charge is 0.381 e. The highest BCUT2D eigenvalue weighted by Gasteiger charge is 2.20. The van der Waals surface area contributed by atoms with Crippen LogP contribution in [0, 0.1) is 5.92 Å². The Balaban J connectivity index is 0.00000128. The minimum atomic E-state index is 0. The standard InChI is InChI=1S/C11H20N2O2.ClH/c14-11(6-9-3-5-15-8-9)13-7-10-2-1-4-12-10;/h9-10,12H,1-8H2,(H,13,14);1H. The Bertz CT molecular complexity index is 214. The van der Waals surface area contributed by atoms with Crippen molar-refractivity contribution in [3.63, 3.8) is 0 Å². The Morgan fingerprint density at radius 2 is 2.31 bits per heavy atom. The van der Waals surface area contributed by atoms with Gasteiger partial charge in [-0.15, -0.1) is 12.4 Å². The van der Waals surface area contributed by atoms with Gasteiger partial charge in [0, 0.05) is 32.2 Å². The van der Waals surface area contributed by atoms with Gasteiger partial charge in [0.05, 0.1) is 0 Å². The molecular weight excluding hydrogens is 228 g/mol. The summed E-state index contributed by atoms with van der Waals surface area (Å²) in [6.07, 6.45) is 4.09. The lowest BCUT2D eigenvalue weighted by atomic mass is 10.0. The van der Waals surface area contributed by atoms with Gasteiger partial charge in [0.2, 0.25) is 5.91 Å². The van der Waals surface area contributed by atoms with E-state index in [1.54, 1.807) is 0 Å². The minimum Gasteiger partial charge on any atom is -0.381 e. The molecule has 16 heavy (non-hydrogen) atoms. The Labute approximate surface area is 103 Å². The first kappa shape index (κ1) is 13.7. The summed E-state index contributed by atoms with van der Waals surface area (Å²) < 4.78 is 5.24. The molecule has 2 N–H and O–H groups in total. The Kier molecular flexibility index (Phi) is 6.09. The topological polar surface area (TPSA) is 50.4 Å². The highest BCUT2D eigenvalue weighted by atomic mass is 35.5. The van der Waals surface area contributed by atoms with Crippen LogP contribution in [0.2, 0.25) is 0 Å². The number of rotatable bonds is 4. The zero-order valence-electron chi connectivity index (χ0n) is 9.54. The Morgan fingerprint density at radius 1 is 1.44 bits per heavy atom. The average molecular weight is 249 g/mol. The molecule has 2 saturated heterocycles. The minimum absolute atomic E-state index is 0. The zero-order chi connectivity index (χ0) is 10.5. The van der Waals surface area contributed by atoms with Crippen molar-refractivity contribution in [3.8, 4) is 0 Å². The number of ether oxygens (including phenoxy) is 1. The number of carbonyl (C=O) groups excluding carboxylic acids is 1. The van der Waals surface area contributed by atoms with E-state index in [9.17, 15) is 4.79 Å². The van der Waals surface area contributed by atoms with Crippen LogP contribution in [0.3, 0.4) is 0 Å². The molecule has 0 aliphatic carbocycles. The first-order chi connectivity index (χ1) is 7.34. The quantitative estimate of drug-likeness (QED) is 0.770. The molecule has 94 valence electrons. The number of hydrogen-bond acceptors (Lipinski definition) is 3. The maximum absolute atomic E-state index is 11.6. The third-order valence-corrected chi connectivity index (χ3v) is 3.21. The van der Waals surface area contributed by atoms with Gasteiger partial charge in [0.15, 0.2) is 0 Å². The second-order valence-corrected chi connectivity index (χ2v) is 4.53. The van der Waals surface area contributed by atoms with E-state index in [2.05, 4.69) is 10.6 Å². The molecule has 2 aliphatic heterocycles. The summed E-state index contributed by atoms with van der Waals surface area (Å²) in [5.74, 6) is 0.626. The number of hydrogen-bond donors (Lipinski definition) is 2. The third-order valence-electron chi connectivity index (χ3n) is 3.21. The fraction of sp³-hybridized carbons (Fsp3) is 0.909. The maximum Gasteiger partial charge on any atom is 0.220 e. The third kappa shape index (κ3) is 4.28. The van der Waals surface area contributed by atoms with Crippen molar-refractivity contribution in [2.45, 2.75) is 31.7 Å². The van der Waals surface area contributed by atoms with Crippen molar-refractivity contribution < 1.29 is 9.53 Å². The summed E-state index contributed by atoms with van der Waals surface area (Å²) in [7, 11) is 0. The number of nitrogens with one attached hydrogen (secondary N) is 2. The molecule has 2 aliphatic rings. The monoisotopic (exact) mass is 248 g/mol. The van der Waals surface area contributed by atoms with Crippen molar-refractivity contribution in [2.75, 3.05) is 26.3 Å². The van der Waals surface area contributed by atoms with Gasteiger partial charge in [-0.05, 0) is 31.7 Å². The molecular formula is C11H21ClN2O2. The second kappa shape index (κ2) is 7.09. The molecule has 2 fully saturated rings. The number of carbonyl (C=O) groups is 1. The molecule has 1 amide bonds. The summed E-state index contributed by atoms with van der Waals surface area (Å²) in [5.41, 5.74) is 0. The van der Waals surface area contributed by atoms with E-state index in [1.807, 2.05) is 0 Å². The molecule has 2 unspecified atom stereocenters. The molecule has 0 spiro atoms. The van der Waals surface area contributed by atoms with Gasteiger partial charge in [-0.25, -0.2) is 0 Å². The molecule has 5 heteroatoms. The van der Waals surface area contributed by atoms with Crippen molar-refractivity contribution in [1.29, 1.82) is 0 Å². The van der Waals surface area contributed by atoms with Crippen LogP contribution in [0.4, 0.5) is 0 Å². The second-order valence-electron chi connectivity index (χ2n) is 4.53. The summed E-state index contributed by atoms with van der Waals surface area (Å²) in [6.45, 7) is 3.46. The molecule has 2 atom stereocenters. The molecule has 0 saturated carbocycles. The van der Waals surface area contributed by atoms with E-state index in [-0.39, 0.29) is 18.3 Å². The SMILES string of the molecule is Cl.O=C(CC1CCOC1)NCC1CCCN1. The first-order valence-corrected chi connectivity index (χ1v) is 5.92. The van der Waals surface area contributed by atoms with E-state index in [4.69, 9.17) is 4.74 Å². The van der Waals surface area contributed by atoms with Gasteiger partial charge in [-0.1, -0.05) is 0 Å². The van der Waals surface area contributed by atoms with Crippen LogP contribution < -0.4 is 10.6 Å². The molecule has 0 aromatic heterocycles. The van der Waals surface area contributed by atoms with Crippen LogP contribution in [0.5, 0.6) is 0 Å². The van der Waals surface area contributed by atoms with E-state index < -0.39 is 0 Å². The van der Waals surface area contributed by atoms with Crippen molar-refractivity contribution >= 4 is 18.3 Å². The molecule has 2 rings (SSSR count). The fourth-order valence-corrected chi connectivity index (χ4v) is 2.25. The summed E-state index contributed by atoms with van der Waals surface area (Å²) in [5, 5.41) is 6.36. The highest BCUT2D eigenvalue weighted by molar-refractivity contribution is 5.85. The van der Waals surface area contributed by atoms with Crippen molar-refractivity contribution in [1.82, 2.24) is 10.6 Å². The Morgan fingerprint density at radius 3 is 2.94 bits per heavy atom. The molecule has 0 radical (unpaired) electrons. The van der Waals surface area contributed by atoms with Gasteiger partial charge < -0.3 is 15.4 Å². The van der Waals surface area contributed by atoms with E-state index in [1.165, 1.54) is 12.8 Å². The average Bonchev–Trinajstić information content (AvgIpc) is 2.86. The molecule has 0 bridgehead atoms. The van der Waals surface area contributed by atoms with E-state index in [0.29, 0.717) is 18.4 Å². The number of halogens is 1. The van der Waals surface area contributed by atoms with Crippen LogP contribution in [-0.2, 0) is 9.53 Å². The van der Waals surface area contributed by atoms with Crippen molar-refractivity contribution in [2.24, 2.45) is 5.92 Å². The van der Waals surface area contributed by atoms with E-state index in [0.717, 1.165) is 32.7 Å². The lowest BCUT2D eigenvalue weighted by molar-refractivity contribution is -0.122. The fourth-order valence-electron chi connectivity index (χ4n) is 2.25. The van der Waals surface area contributed by atoms with Crippen LogP contribution in [0.25, 0.3) is 0 Å². The van der Waals surface area contributed by atoms with Gasteiger partial charge in [0.1, 0.15) is 0 Å². The van der Waals surface area contributed by atoms with Crippen LogP contribution in [0.1, 0.15) is 25.7 Å². The smallest absolute Gasteiger partial charge is 0.220 e. The predicted molar refractivity (Wildman–Crippen MR) is 64.8 cm³/mol. The van der Waals surface area contributed by atoms with Crippen molar-refractivity contribution in [3.05, 3.63) is 0 Å². The van der Waals surface area contributed by atoms with Crippen LogP contribution in [-0.4, -0.2) is 38.3 Å². The molecule has 0 aromatic rings. The van der Waals surface area contributed by atoms with Gasteiger partial charge >= 0.3 is 0 Å². The van der Waals surface area contributed by atoms with Gasteiger partial charge in [0.25, 0.3) is 0 Å². The zero-order valence-corrected chi connectivity index (χ0v) is 10.4. The van der Waals surface area contributed by atoms with Gasteiger partial charge in [-0.2, -0.15) is 0 Å². The summed E-state index contributed by atoms with van der Waals surface area (Å²) in [4.78, 5) is 11.6. The molecule has 4 nitrogen and oxygen atoms in total. The maximum atomic E-state index is 11.6. The van der Waals surface area contributed by atoms with Crippen LogP contribution in [0.15, 0.2) is 0 Å². The summed E-state index contributed by atoms with van der Waals surface area (Å²) >= 11 is 0. The highest BCUT2D eigenvalue weighted by Crippen LogP contribution is 2.15. The van der Waals surface area contributed by atoms with Gasteiger partial charge in [-0.3, -0.25) is 4.79 Å². The molecule has 2 heterocycles. The van der Waals surface area contributed by atoms with Crippen LogP contribution >= 0.6 is 12.4 Å². The first-order valence-electron chi connectivity index (χ1n) is 5.92. The predicted octanol–water partition coefficient (Wildman–Crippen LogP) is 0.703. The Hall–Kier alpha value is -0.320. The van der Waals surface area contributed by atoms with E-state index >= 15 is 0 Å².